The molecule has 2 atom stereocenters. The summed E-state index contributed by atoms with van der Waals surface area (Å²) in [6.07, 6.45) is 3.04. The summed E-state index contributed by atoms with van der Waals surface area (Å²) in [6, 6.07) is 11.1. The third-order valence-corrected chi connectivity index (χ3v) is 6.32. The van der Waals surface area contributed by atoms with Crippen LogP contribution >= 0.6 is 11.6 Å². The number of hydrazine groups is 1. The molecule has 2 heterocycles. The number of rotatable bonds is 7. The first kappa shape index (κ1) is 22.4. The number of fused-ring (bicyclic) bond motifs is 1. The molecule has 0 radical (unpaired) electrons. The fraction of sp³-hybridized carbons (Fsp3) is 0.304. The molecule has 6 nitrogen and oxygen atoms in total. The Morgan fingerprint density at radius 3 is 2.66 bits per heavy atom. The van der Waals surface area contributed by atoms with Crippen LogP contribution < -0.4 is 5.84 Å². The van der Waals surface area contributed by atoms with Crippen molar-refractivity contribution in [3.05, 3.63) is 76.7 Å². The number of nitrogens with two attached hydrogens (primary N) is 1. The number of halogens is 3. The zero-order valence-electron chi connectivity index (χ0n) is 17.7. The molecule has 9 heteroatoms. The van der Waals surface area contributed by atoms with Crippen molar-refractivity contribution in [1.29, 1.82) is 5.41 Å². The molecule has 32 heavy (non-hydrogen) atoms. The van der Waals surface area contributed by atoms with E-state index in [0.29, 0.717) is 17.1 Å². The van der Waals surface area contributed by atoms with Crippen LogP contribution in [0.2, 0.25) is 5.02 Å². The molecule has 3 N–H and O–H groups in total. The predicted molar refractivity (Wildman–Crippen MR) is 121 cm³/mol. The lowest BCUT2D eigenvalue weighted by Crippen LogP contribution is -2.46. The molecule has 168 valence electrons. The zero-order chi connectivity index (χ0) is 22.8. The van der Waals surface area contributed by atoms with Crippen LogP contribution in [-0.4, -0.2) is 44.9 Å². The summed E-state index contributed by atoms with van der Waals surface area (Å²) in [5, 5.41) is 9.31. The van der Waals surface area contributed by atoms with Crippen molar-refractivity contribution in [2.75, 3.05) is 13.1 Å². The zero-order valence-corrected chi connectivity index (χ0v) is 18.4. The molecule has 3 aromatic rings. The topological polar surface area (TPSA) is 74.2 Å². The second kappa shape index (κ2) is 9.36. The second-order valence-corrected chi connectivity index (χ2v) is 8.49. The number of nitrogens with one attached hydrogen (secondary N) is 1. The summed E-state index contributed by atoms with van der Waals surface area (Å²) in [4.78, 5) is 7.03. The Hall–Kier alpha value is -2.81. The average molecular weight is 459 g/mol. The Bertz CT molecular complexity index is 1100. The van der Waals surface area contributed by atoms with E-state index in [-0.39, 0.29) is 18.5 Å². The van der Waals surface area contributed by atoms with Crippen molar-refractivity contribution in [3.63, 3.8) is 0 Å². The van der Waals surface area contributed by atoms with Gasteiger partial charge in [-0.2, -0.15) is 0 Å². The Morgan fingerprint density at radius 2 is 1.97 bits per heavy atom. The van der Waals surface area contributed by atoms with E-state index in [4.69, 9.17) is 27.8 Å². The molecular weight excluding hydrogens is 434 g/mol. The van der Waals surface area contributed by atoms with E-state index >= 15 is 0 Å². The van der Waals surface area contributed by atoms with Crippen molar-refractivity contribution in [1.82, 2.24) is 19.5 Å². The van der Waals surface area contributed by atoms with Crippen molar-refractivity contribution in [2.45, 2.75) is 32.0 Å². The van der Waals surface area contributed by atoms with Gasteiger partial charge >= 0.3 is 0 Å². The molecule has 1 aliphatic heterocycles. The van der Waals surface area contributed by atoms with Crippen LogP contribution in [0.3, 0.4) is 0 Å². The Morgan fingerprint density at radius 1 is 1.22 bits per heavy atom. The molecular formula is C23H25ClF2N6. The first-order chi connectivity index (χ1) is 15.4. The van der Waals surface area contributed by atoms with Gasteiger partial charge in [0.25, 0.3) is 0 Å². The summed E-state index contributed by atoms with van der Waals surface area (Å²) in [5.74, 6) is 5.19. The lowest BCUT2D eigenvalue weighted by molar-refractivity contribution is 0.132. The third-order valence-electron chi connectivity index (χ3n) is 6.07. The van der Waals surface area contributed by atoms with Crippen LogP contribution in [0.15, 0.2) is 48.7 Å². The number of hydrogen-bond acceptors (Lipinski definition) is 4. The Labute approximate surface area is 190 Å². The fourth-order valence-electron chi connectivity index (χ4n) is 4.23. The molecule has 2 aromatic carbocycles. The van der Waals surface area contributed by atoms with Gasteiger partial charge in [0.15, 0.2) is 0 Å². The Balaban J connectivity index is 1.58. The molecule has 4 rings (SSSR count). The maximum atomic E-state index is 14.6. The van der Waals surface area contributed by atoms with E-state index in [2.05, 4.69) is 9.47 Å². The standard InChI is InChI=1S/C23H25ClF2N6/c1-15(20(11-32(28)14-27)19-7-6-18(25)10-21(19)26)30-8-9-31-12-22(29-23(31)13-30)16-2-4-17(24)5-3-16/h2-7,10,12,14-15,20,27H,8-9,11,13,28H2,1H3. The van der Waals surface area contributed by atoms with Crippen LogP contribution in [0.4, 0.5) is 8.78 Å². The molecule has 1 aliphatic rings. The molecule has 0 spiro atoms. The molecule has 0 saturated heterocycles. The highest BCUT2D eigenvalue weighted by Gasteiger charge is 2.31. The minimum absolute atomic E-state index is 0.120. The quantitative estimate of drug-likeness (QED) is 0.240. The smallest absolute Gasteiger partial charge is 0.129 e. The van der Waals surface area contributed by atoms with Crippen molar-refractivity contribution < 1.29 is 8.78 Å². The number of imidazole rings is 1. The van der Waals surface area contributed by atoms with Gasteiger partial charge in [0.2, 0.25) is 0 Å². The summed E-state index contributed by atoms with van der Waals surface area (Å²) < 4.78 is 30.3. The number of benzene rings is 2. The third kappa shape index (κ3) is 4.67. The van der Waals surface area contributed by atoms with Gasteiger partial charge in [-0.05, 0) is 30.7 Å². The van der Waals surface area contributed by atoms with E-state index in [1.165, 1.54) is 17.1 Å². The highest BCUT2D eigenvalue weighted by molar-refractivity contribution is 6.30. The molecule has 0 aliphatic carbocycles. The molecule has 2 unspecified atom stereocenters. The maximum absolute atomic E-state index is 14.6. The van der Waals surface area contributed by atoms with Crippen LogP contribution in [-0.2, 0) is 13.1 Å². The minimum atomic E-state index is -0.621. The number of hydrogen-bond donors (Lipinski definition) is 2. The Kier molecular flexibility index (Phi) is 6.55. The van der Waals surface area contributed by atoms with Gasteiger partial charge in [-0.3, -0.25) is 10.3 Å². The van der Waals surface area contributed by atoms with E-state index in [9.17, 15) is 8.78 Å². The fourth-order valence-corrected chi connectivity index (χ4v) is 4.35. The van der Waals surface area contributed by atoms with E-state index in [0.717, 1.165) is 42.6 Å². The lowest BCUT2D eigenvalue weighted by atomic mass is 9.90. The van der Waals surface area contributed by atoms with Crippen molar-refractivity contribution in [3.8, 4) is 11.3 Å². The molecule has 1 aromatic heterocycles. The first-order valence-electron chi connectivity index (χ1n) is 10.4. The maximum Gasteiger partial charge on any atom is 0.129 e. The van der Waals surface area contributed by atoms with Gasteiger partial charge in [-0.25, -0.2) is 19.6 Å². The molecule has 0 bridgehead atoms. The SMILES string of the molecule is CC(C(CN(N)C=N)c1ccc(F)cc1F)N1CCn2cc(-c3ccc(Cl)cc3)nc2C1. The minimum Gasteiger partial charge on any atom is -0.332 e. The summed E-state index contributed by atoms with van der Waals surface area (Å²) >= 11 is 5.99. The average Bonchev–Trinajstić information content (AvgIpc) is 3.21. The van der Waals surface area contributed by atoms with Crippen LogP contribution in [0.1, 0.15) is 24.2 Å². The van der Waals surface area contributed by atoms with E-state index < -0.39 is 11.6 Å². The monoisotopic (exact) mass is 458 g/mol. The number of nitrogens with zero attached hydrogens (tertiary/aromatic N) is 4. The number of aromatic nitrogens is 2. The van der Waals surface area contributed by atoms with Crippen LogP contribution in [0.5, 0.6) is 0 Å². The van der Waals surface area contributed by atoms with Crippen LogP contribution in [0, 0.1) is 17.0 Å². The van der Waals surface area contributed by atoms with Crippen molar-refractivity contribution >= 4 is 17.9 Å². The highest BCUT2D eigenvalue weighted by Crippen LogP contribution is 2.30. The summed E-state index contributed by atoms with van der Waals surface area (Å²) in [5.41, 5.74) is 2.25. The van der Waals surface area contributed by atoms with E-state index in [1.807, 2.05) is 37.4 Å². The van der Waals surface area contributed by atoms with Gasteiger partial charge in [0, 0.05) is 54.4 Å². The molecule has 0 saturated carbocycles. The van der Waals surface area contributed by atoms with Gasteiger partial charge in [0.1, 0.15) is 17.5 Å². The van der Waals surface area contributed by atoms with Gasteiger partial charge < -0.3 is 9.58 Å². The van der Waals surface area contributed by atoms with Crippen molar-refractivity contribution in [2.24, 2.45) is 5.84 Å². The normalized spacial score (nSPS) is 15.8. The van der Waals surface area contributed by atoms with Crippen LogP contribution in [0.25, 0.3) is 11.3 Å². The highest BCUT2D eigenvalue weighted by atomic mass is 35.5. The molecule has 0 amide bonds. The molecule has 0 fully saturated rings. The van der Waals surface area contributed by atoms with E-state index in [1.54, 1.807) is 0 Å². The lowest BCUT2D eigenvalue weighted by Gasteiger charge is -2.38. The van der Waals surface area contributed by atoms with Gasteiger partial charge in [-0.1, -0.05) is 29.8 Å². The predicted octanol–water partition coefficient (Wildman–Crippen LogP) is 4.25. The van der Waals surface area contributed by atoms with Gasteiger partial charge in [-0.15, -0.1) is 0 Å². The summed E-state index contributed by atoms with van der Waals surface area (Å²) in [7, 11) is 0. The first-order valence-corrected chi connectivity index (χ1v) is 10.8. The van der Waals surface area contributed by atoms with Gasteiger partial charge in [0.05, 0.1) is 18.6 Å². The summed E-state index contributed by atoms with van der Waals surface area (Å²) in [6.45, 7) is 4.32. The largest absolute Gasteiger partial charge is 0.332 e. The second-order valence-electron chi connectivity index (χ2n) is 8.05.